The van der Waals surface area contributed by atoms with E-state index in [4.69, 9.17) is 16.2 Å². The molecule has 0 fully saturated rings. The van der Waals surface area contributed by atoms with Crippen molar-refractivity contribution in [1.29, 1.82) is 0 Å². The minimum Gasteiger partial charge on any atom is -0.379 e. The third kappa shape index (κ3) is 17.8. The molecule has 0 aromatic heterocycles. The first-order valence-electron chi connectivity index (χ1n) is 8.83. The lowest BCUT2D eigenvalue weighted by molar-refractivity contribution is 0.0876. The summed E-state index contributed by atoms with van der Waals surface area (Å²) in [6.45, 7) is 20.2. The van der Waals surface area contributed by atoms with Gasteiger partial charge in [-0.15, -0.1) is 0 Å². The predicted octanol–water partition coefficient (Wildman–Crippen LogP) is 0.180. The van der Waals surface area contributed by atoms with Crippen molar-refractivity contribution in [2.45, 2.75) is 27.7 Å². The Morgan fingerprint density at radius 1 is 0.727 bits per heavy atom. The van der Waals surface area contributed by atoms with Crippen LogP contribution >= 0.6 is 0 Å². The lowest BCUT2D eigenvalue weighted by Crippen LogP contribution is -2.30. The zero-order valence-electron chi connectivity index (χ0n) is 15.4. The minimum absolute atomic E-state index is 0.694. The predicted molar refractivity (Wildman–Crippen MR) is 97.4 cm³/mol. The smallest absolute Gasteiger partial charge is 0.0594 e. The number of nitrogens with zero attached hydrogens (tertiary/aromatic N) is 2. The molecule has 136 valence electrons. The van der Waals surface area contributed by atoms with Crippen molar-refractivity contribution < 1.29 is 4.74 Å². The highest BCUT2D eigenvalue weighted by molar-refractivity contribution is 4.53. The number of hydrogen-bond donors (Lipinski definition) is 3. The molecule has 0 atom stereocenters. The maximum atomic E-state index is 5.62. The summed E-state index contributed by atoms with van der Waals surface area (Å²) in [4.78, 5) is 4.77. The fraction of sp³-hybridized carbons (Fsp3) is 1.00. The van der Waals surface area contributed by atoms with E-state index in [-0.39, 0.29) is 0 Å². The van der Waals surface area contributed by atoms with Crippen LogP contribution in [0.15, 0.2) is 0 Å². The van der Waals surface area contributed by atoms with Gasteiger partial charge in [0.2, 0.25) is 0 Å². The number of rotatable bonds is 14. The van der Waals surface area contributed by atoms with Gasteiger partial charge in [0.05, 0.1) is 13.2 Å². The van der Waals surface area contributed by atoms with Crippen molar-refractivity contribution >= 4 is 0 Å². The van der Waals surface area contributed by atoms with Crippen molar-refractivity contribution in [3.8, 4) is 0 Å². The van der Waals surface area contributed by atoms with Gasteiger partial charge in [-0.1, -0.05) is 27.7 Å². The molecular formula is C16H41N5O. The average molecular weight is 320 g/mol. The highest BCUT2D eigenvalue weighted by atomic mass is 16.5. The topological polar surface area (TPSA) is 79.8 Å². The molecule has 0 unspecified atom stereocenters. The van der Waals surface area contributed by atoms with Gasteiger partial charge >= 0.3 is 0 Å². The molecule has 6 nitrogen and oxygen atoms in total. The number of likely N-dealkylation sites (N-methyl/N-ethyl adjacent to an activating group) is 2. The van der Waals surface area contributed by atoms with Gasteiger partial charge in [0.1, 0.15) is 0 Å². The van der Waals surface area contributed by atoms with Gasteiger partial charge in [-0.2, -0.15) is 0 Å². The van der Waals surface area contributed by atoms with Crippen LogP contribution in [0.2, 0.25) is 0 Å². The molecule has 0 aromatic rings. The third-order valence-electron chi connectivity index (χ3n) is 3.53. The van der Waals surface area contributed by atoms with E-state index in [1.165, 1.54) is 0 Å². The summed E-state index contributed by atoms with van der Waals surface area (Å²) in [6.07, 6.45) is 0. The van der Waals surface area contributed by atoms with E-state index in [9.17, 15) is 0 Å². The lowest BCUT2D eigenvalue weighted by Gasteiger charge is -2.20. The first-order chi connectivity index (χ1) is 10.7. The van der Waals surface area contributed by atoms with Gasteiger partial charge in [-0.3, -0.25) is 0 Å². The first-order valence-corrected chi connectivity index (χ1v) is 8.83. The Bertz CT molecular complexity index is 169. The Kier molecular flexibility index (Phi) is 22.7. The maximum Gasteiger partial charge on any atom is 0.0594 e. The Morgan fingerprint density at radius 2 is 1.09 bits per heavy atom. The molecule has 0 saturated carbocycles. The zero-order chi connectivity index (χ0) is 17.1. The monoisotopic (exact) mass is 319 g/mol. The molecule has 22 heavy (non-hydrogen) atoms. The summed E-state index contributed by atoms with van der Waals surface area (Å²) in [5.74, 6) is 0. The molecule has 0 aliphatic carbocycles. The first kappa shape index (κ1) is 24.0. The van der Waals surface area contributed by atoms with Crippen molar-refractivity contribution in [1.82, 2.24) is 15.1 Å². The highest BCUT2D eigenvalue weighted by Crippen LogP contribution is 1.89. The van der Waals surface area contributed by atoms with E-state index in [0.29, 0.717) is 13.1 Å². The minimum atomic E-state index is 0.694. The number of hydrogen-bond acceptors (Lipinski definition) is 6. The number of ether oxygens (including phenoxy) is 1. The van der Waals surface area contributed by atoms with Crippen molar-refractivity contribution in [2.75, 3.05) is 78.7 Å². The van der Waals surface area contributed by atoms with Gasteiger partial charge in [-0.25, -0.2) is 0 Å². The van der Waals surface area contributed by atoms with Crippen LogP contribution in [0.5, 0.6) is 0 Å². The SMILES string of the molecule is CCN(CC)CCOCCN(CC)CC.NCCNCCN. The fourth-order valence-corrected chi connectivity index (χ4v) is 1.90. The fourth-order valence-electron chi connectivity index (χ4n) is 1.90. The Labute approximate surface area is 138 Å². The Hall–Kier alpha value is -0.240. The largest absolute Gasteiger partial charge is 0.379 e. The summed E-state index contributed by atoms with van der Waals surface area (Å²) in [6, 6.07) is 0. The molecule has 0 radical (unpaired) electrons. The molecule has 0 rings (SSSR count). The van der Waals surface area contributed by atoms with Crippen LogP contribution in [-0.4, -0.2) is 88.5 Å². The molecular weight excluding hydrogens is 278 g/mol. The normalized spacial score (nSPS) is 10.9. The van der Waals surface area contributed by atoms with E-state index in [2.05, 4.69) is 42.8 Å². The summed E-state index contributed by atoms with van der Waals surface area (Å²) < 4.78 is 5.62. The van der Waals surface area contributed by atoms with Gasteiger partial charge in [-0.05, 0) is 26.2 Å². The molecule has 6 heteroatoms. The van der Waals surface area contributed by atoms with E-state index in [0.717, 1.165) is 65.6 Å². The second kappa shape index (κ2) is 20.8. The molecule has 0 heterocycles. The molecule has 0 aromatic carbocycles. The summed E-state index contributed by atoms with van der Waals surface area (Å²) >= 11 is 0. The second-order valence-electron chi connectivity index (χ2n) is 4.99. The van der Waals surface area contributed by atoms with Crippen molar-refractivity contribution in [3.05, 3.63) is 0 Å². The van der Waals surface area contributed by atoms with E-state index in [1.807, 2.05) is 0 Å². The molecule has 0 spiro atoms. The standard InChI is InChI=1S/C12H28N2O.C4H13N3/c1-5-13(6-2)9-11-15-12-10-14(7-3)8-4;5-1-3-7-4-2-6/h5-12H2,1-4H3;7H,1-6H2. The van der Waals surface area contributed by atoms with Crippen molar-refractivity contribution in [2.24, 2.45) is 11.5 Å². The Morgan fingerprint density at radius 3 is 1.36 bits per heavy atom. The zero-order valence-corrected chi connectivity index (χ0v) is 15.4. The molecule has 0 aliphatic heterocycles. The van der Waals surface area contributed by atoms with Crippen LogP contribution in [0.3, 0.4) is 0 Å². The van der Waals surface area contributed by atoms with Crippen molar-refractivity contribution in [3.63, 3.8) is 0 Å². The van der Waals surface area contributed by atoms with E-state index < -0.39 is 0 Å². The van der Waals surface area contributed by atoms with Gasteiger partial charge in [0, 0.05) is 39.3 Å². The van der Waals surface area contributed by atoms with Gasteiger partial charge < -0.3 is 31.3 Å². The molecule has 0 amide bonds. The van der Waals surface area contributed by atoms with Crippen LogP contribution in [-0.2, 0) is 4.74 Å². The van der Waals surface area contributed by atoms with E-state index in [1.54, 1.807) is 0 Å². The summed E-state index contributed by atoms with van der Waals surface area (Å²) in [5.41, 5.74) is 10.3. The van der Waals surface area contributed by atoms with E-state index >= 15 is 0 Å². The molecule has 0 bridgehead atoms. The van der Waals surface area contributed by atoms with Crippen LogP contribution in [0.25, 0.3) is 0 Å². The average Bonchev–Trinajstić information content (AvgIpc) is 2.56. The van der Waals surface area contributed by atoms with Crippen LogP contribution in [0, 0.1) is 0 Å². The van der Waals surface area contributed by atoms with Gasteiger partial charge in [0.25, 0.3) is 0 Å². The summed E-state index contributed by atoms with van der Waals surface area (Å²) in [7, 11) is 0. The van der Waals surface area contributed by atoms with Crippen LogP contribution < -0.4 is 16.8 Å². The van der Waals surface area contributed by atoms with Gasteiger partial charge in [0.15, 0.2) is 0 Å². The molecule has 0 saturated heterocycles. The highest BCUT2D eigenvalue weighted by Gasteiger charge is 2.00. The number of nitrogens with two attached hydrogens (primary N) is 2. The quantitative estimate of drug-likeness (QED) is 0.396. The summed E-state index contributed by atoms with van der Waals surface area (Å²) in [5, 5.41) is 3.03. The van der Waals surface area contributed by atoms with Crippen LogP contribution in [0.4, 0.5) is 0 Å². The van der Waals surface area contributed by atoms with Crippen LogP contribution in [0.1, 0.15) is 27.7 Å². The Balaban J connectivity index is 0. The lowest BCUT2D eigenvalue weighted by atomic mass is 10.5. The molecule has 0 aliphatic rings. The number of nitrogens with one attached hydrogen (secondary N) is 1. The third-order valence-corrected chi connectivity index (χ3v) is 3.53. The maximum absolute atomic E-state index is 5.62. The molecule has 5 N–H and O–H groups in total. The second-order valence-corrected chi connectivity index (χ2v) is 4.99.